The van der Waals surface area contributed by atoms with Crippen molar-refractivity contribution in [3.63, 3.8) is 0 Å². The number of nitrogens with one attached hydrogen (secondary N) is 1. The molecule has 1 fully saturated rings. The van der Waals surface area contributed by atoms with Gasteiger partial charge in [-0.2, -0.15) is 0 Å². The summed E-state index contributed by atoms with van der Waals surface area (Å²) in [5, 5.41) is 12.7. The van der Waals surface area contributed by atoms with Crippen LogP contribution in [0.15, 0.2) is 54.7 Å². The van der Waals surface area contributed by atoms with Crippen LogP contribution in [0.3, 0.4) is 0 Å². The normalized spacial score (nSPS) is 13.2. The molecule has 0 radical (unpaired) electrons. The van der Waals surface area contributed by atoms with Gasteiger partial charge in [0.05, 0.1) is 35.9 Å². The van der Waals surface area contributed by atoms with Crippen LogP contribution in [0.5, 0.6) is 5.75 Å². The summed E-state index contributed by atoms with van der Waals surface area (Å²) in [5.74, 6) is 0.344. The molecular formula is C23H22N2O3. The molecule has 4 rings (SSSR count). The van der Waals surface area contributed by atoms with E-state index < -0.39 is 5.97 Å². The fourth-order valence-electron chi connectivity index (χ4n) is 3.37. The molecule has 1 saturated carbocycles. The van der Waals surface area contributed by atoms with Gasteiger partial charge in [-0.1, -0.05) is 23.8 Å². The number of carboxylic acids is 1. The van der Waals surface area contributed by atoms with Crippen molar-refractivity contribution in [3.8, 4) is 17.0 Å². The first-order valence-electron chi connectivity index (χ1n) is 9.30. The highest BCUT2D eigenvalue weighted by molar-refractivity contribution is 5.95. The fraction of sp³-hybridized carbons (Fsp3) is 0.217. The van der Waals surface area contributed by atoms with Gasteiger partial charge in [0.15, 0.2) is 0 Å². The van der Waals surface area contributed by atoms with Crippen molar-refractivity contribution in [3.05, 3.63) is 71.4 Å². The molecule has 0 saturated heterocycles. The van der Waals surface area contributed by atoms with Crippen LogP contribution in [-0.2, 0) is 0 Å². The number of carbonyl (C=O) groups is 1. The number of hydrogen-bond acceptors (Lipinski definition) is 4. The van der Waals surface area contributed by atoms with Gasteiger partial charge in [0.1, 0.15) is 5.75 Å². The molecule has 0 unspecified atom stereocenters. The molecule has 0 amide bonds. The van der Waals surface area contributed by atoms with E-state index in [1.54, 1.807) is 25.4 Å². The highest BCUT2D eigenvalue weighted by atomic mass is 16.5. The third-order valence-corrected chi connectivity index (χ3v) is 4.96. The predicted octanol–water partition coefficient (Wildman–Crippen LogP) is 5.38. The first kappa shape index (κ1) is 18.0. The van der Waals surface area contributed by atoms with E-state index in [4.69, 9.17) is 9.72 Å². The number of carboxylic acid groups (broad SMARTS) is 1. The number of aromatic carboxylic acids is 1. The highest BCUT2D eigenvalue weighted by Gasteiger charge is 2.28. The molecule has 1 aliphatic carbocycles. The molecule has 0 bridgehead atoms. The summed E-state index contributed by atoms with van der Waals surface area (Å²) in [6.07, 6.45) is 4.05. The van der Waals surface area contributed by atoms with Crippen LogP contribution in [0, 0.1) is 6.92 Å². The van der Waals surface area contributed by atoms with Gasteiger partial charge in [0.2, 0.25) is 0 Å². The number of hydrogen-bond donors (Lipinski definition) is 2. The molecule has 1 heterocycles. The Kier molecular flexibility index (Phi) is 4.74. The number of aryl methyl sites for hydroxylation is 1. The maximum Gasteiger partial charge on any atom is 0.337 e. The first-order valence-corrected chi connectivity index (χ1v) is 9.30. The Balaban J connectivity index is 1.71. The Hall–Kier alpha value is -3.34. The van der Waals surface area contributed by atoms with Crippen LogP contribution < -0.4 is 10.1 Å². The van der Waals surface area contributed by atoms with E-state index in [0.29, 0.717) is 11.6 Å². The second-order valence-corrected chi connectivity index (χ2v) is 7.15. The zero-order valence-electron chi connectivity index (χ0n) is 15.9. The molecular weight excluding hydrogens is 352 g/mol. The largest absolute Gasteiger partial charge is 0.497 e. The van der Waals surface area contributed by atoms with Crippen molar-refractivity contribution >= 4 is 17.3 Å². The van der Waals surface area contributed by atoms with Crippen molar-refractivity contribution < 1.29 is 14.6 Å². The number of methoxy groups -OCH3 is 1. The molecule has 1 aromatic heterocycles. The highest BCUT2D eigenvalue weighted by Crippen LogP contribution is 2.45. The smallest absolute Gasteiger partial charge is 0.337 e. The lowest BCUT2D eigenvalue weighted by Crippen LogP contribution is -2.04. The third-order valence-electron chi connectivity index (χ3n) is 4.96. The zero-order valence-corrected chi connectivity index (χ0v) is 15.9. The van der Waals surface area contributed by atoms with Gasteiger partial charge in [0, 0.05) is 5.56 Å². The van der Waals surface area contributed by atoms with Gasteiger partial charge in [-0.15, -0.1) is 0 Å². The minimum atomic E-state index is -0.949. The Morgan fingerprint density at radius 3 is 2.71 bits per heavy atom. The minimum absolute atomic E-state index is 0.254. The average molecular weight is 374 g/mol. The summed E-state index contributed by atoms with van der Waals surface area (Å²) in [6, 6.07) is 15.4. The number of nitrogens with zero attached hydrogens (tertiary/aromatic N) is 1. The number of pyridine rings is 1. The summed E-state index contributed by atoms with van der Waals surface area (Å²) < 4.78 is 5.34. The molecule has 142 valence electrons. The van der Waals surface area contributed by atoms with E-state index in [-0.39, 0.29) is 5.56 Å². The predicted molar refractivity (Wildman–Crippen MR) is 110 cm³/mol. The lowest BCUT2D eigenvalue weighted by molar-refractivity contribution is 0.0698. The van der Waals surface area contributed by atoms with E-state index >= 15 is 0 Å². The molecule has 5 nitrogen and oxygen atoms in total. The van der Waals surface area contributed by atoms with Gasteiger partial charge in [-0.05, 0) is 61.6 Å². The standard InChI is InChI=1S/C23H22N2O3/c1-14-6-9-21(20(10-14)23(26)27)25-17-12-19(15-7-8-15)22(24-13-17)16-4-3-5-18(11-16)28-2/h3-6,9-13,15,25H,7-8H2,1-2H3,(H,26,27). The third kappa shape index (κ3) is 3.69. The van der Waals surface area contributed by atoms with E-state index in [1.165, 1.54) is 5.56 Å². The van der Waals surface area contributed by atoms with Crippen LogP contribution in [0.2, 0.25) is 0 Å². The van der Waals surface area contributed by atoms with Crippen LogP contribution in [-0.4, -0.2) is 23.2 Å². The number of benzene rings is 2. The molecule has 2 aromatic carbocycles. The van der Waals surface area contributed by atoms with E-state index in [9.17, 15) is 9.90 Å². The molecule has 3 aromatic rings. The monoisotopic (exact) mass is 374 g/mol. The zero-order chi connectivity index (χ0) is 19.7. The lowest BCUT2D eigenvalue weighted by atomic mass is 10.0. The minimum Gasteiger partial charge on any atom is -0.497 e. The summed E-state index contributed by atoms with van der Waals surface area (Å²) in [6.45, 7) is 1.88. The Bertz CT molecular complexity index is 1040. The van der Waals surface area contributed by atoms with Crippen molar-refractivity contribution in [2.45, 2.75) is 25.7 Å². The topological polar surface area (TPSA) is 71.5 Å². The number of ether oxygens (including phenoxy) is 1. The molecule has 0 spiro atoms. The molecule has 28 heavy (non-hydrogen) atoms. The van der Waals surface area contributed by atoms with Crippen LogP contribution >= 0.6 is 0 Å². The molecule has 0 aliphatic heterocycles. The van der Waals surface area contributed by atoms with E-state index in [1.807, 2.05) is 37.3 Å². The molecule has 2 N–H and O–H groups in total. The van der Waals surface area contributed by atoms with Crippen LogP contribution in [0.25, 0.3) is 11.3 Å². The van der Waals surface area contributed by atoms with E-state index in [0.717, 1.165) is 41.1 Å². The summed E-state index contributed by atoms with van der Waals surface area (Å²) in [7, 11) is 1.66. The average Bonchev–Trinajstić information content (AvgIpc) is 3.54. The van der Waals surface area contributed by atoms with Gasteiger partial charge in [-0.25, -0.2) is 4.79 Å². The summed E-state index contributed by atoms with van der Waals surface area (Å²) in [5.41, 5.74) is 5.68. The summed E-state index contributed by atoms with van der Waals surface area (Å²) >= 11 is 0. The maximum absolute atomic E-state index is 11.6. The van der Waals surface area contributed by atoms with Crippen molar-refractivity contribution in [1.29, 1.82) is 0 Å². The number of aromatic nitrogens is 1. The Labute approximate surface area is 164 Å². The van der Waals surface area contributed by atoms with Crippen molar-refractivity contribution in [2.75, 3.05) is 12.4 Å². The van der Waals surface area contributed by atoms with Crippen LogP contribution in [0.4, 0.5) is 11.4 Å². The molecule has 5 heteroatoms. The Morgan fingerprint density at radius 1 is 1.18 bits per heavy atom. The quantitative estimate of drug-likeness (QED) is 0.606. The SMILES string of the molecule is COc1cccc(-c2ncc(Nc3ccc(C)cc3C(=O)O)cc2C2CC2)c1. The van der Waals surface area contributed by atoms with Crippen molar-refractivity contribution in [2.24, 2.45) is 0 Å². The molecule has 1 aliphatic rings. The second-order valence-electron chi connectivity index (χ2n) is 7.15. The maximum atomic E-state index is 11.6. The fourth-order valence-corrected chi connectivity index (χ4v) is 3.37. The van der Waals surface area contributed by atoms with Crippen LogP contribution in [0.1, 0.15) is 40.2 Å². The second kappa shape index (κ2) is 7.35. The molecule has 0 atom stereocenters. The van der Waals surface area contributed by atoms with Crippen molar-refractivity contribution in [1.82, 2.24) is 4.98 Å². The number of anilines is 2. The van der Waals surface area contributed by atoms with Gasteiger partial charge >= 0.3 is 5.97 Å². The van der Waals surface area contributed by atoms with Gasteiger partial charge in [-0.3, -0.25) is 4.98 Å². The van der Waals surface area contributed by atoms with Gasteiger partial charge < -0.3 is 15.2 Å². The summed E-state index contributed by atoms with van der Waals surface area (Å²) in [4.78, 5) is 16.3. The van der Waals surface area contributed by atoms with Gasteiger partial charge in [0.25, 0.3) is 0 Å². The number of rotatable bonds is 6. The first-order chi connectivity index (χ1) is 13.5. The Morgan fingerprint density at radius 2 is 2.00 bits per heavy atom. The van der Waals surface area contributed by atoms with E-state index in [2.05, 4.69) is 11.4 Å². The lowest BCUT2D eigenvalue weighted by Gasteiger charge is -2.14.